The summed E-state index contributed by atoms with van der Waals surface area (Å²) in [5.41, 5.74) is 2.00. The quantitative estimate of drug-likeness (QED) is 0.670. The van der Waals surface area contributed by atoms with E-state index in [2.05, 4.69) is 15.6 Å². The molecule has 2 aromatic carbocycles. The largest absolute Gasteiger partial charge is 0.490 e. The molecule has 1 aliphatic heterocycles. The van der Waals surface area contributed by atoms with Gasteiger partial charge in [0.15, 0.2) is 5.58 Å². The van der Waals surface area contributed by atoms with Crippen molar-refractivity contribution in [3.05, 3.63) is 58.6 Å². The molecule has 0 aliphatic carbocycles. The number of nitrogens with one attached hydrogen (secondary N) is 3. The number of fused-ring (bicyclic) bond motifs is 1. The number of H-pyrrole nitrogens is 1. The number of hydrogen-bond acceptors (Lipinski definition) is 5. The summed E-state index contributed by atoms with van der Waals surface area (Å²) in [7, 11) is 0. The van der Waals surface area contributed by atoms with E-state index in [9.17, 15) is 9.59 Å². The molecule has 1 fully saturated rings. The van der Waals surface area contributed by atoms with Gasteiger partial charge in [-0.25, -0.2) is 4.79 Å². The minimum Gasteiger partial charge on any atom is -0.490 e. The van der Waals surface area contributed by atoms with Crippen molar-refractivity contribution in [2.45, 2.75) is 18.9 Å². The van der Waals surface area contributed by atoms with Crippen molar-refractivity contribution in [3.63, 3.8) is 0 Å². The number of benzene rings is 2. The van der Waals surface area contributed by atoms with Gasteiger partial charge >= 0.3 is 5.76 Å². The van der Waals surface area contributed by atoms with Crippen LogP contribution in [0.25, 0.3) is 11.1 Å². The molecule has 0 radical (unpaired) electrons. The van der Waals surface area contributed by atoms with Gasteiger partial charge < -0.3 is 19.8 Å². The van der Waals surface area contributed by atoms with Crippen LogP contribution in [0.1, 0.15) is 23.2 Å². The van der Waals surface area contributed by atoms with Gasteiger partial charge in [-0.2, -0.15) is 0 Å². The lowest BCUT2D eigenvalue weighted by molar-refractivity contribution is 0.102. The summed E-state index contributed by atoms with van der Waals surface area (Å²) < 4.78 is 10.9. The van der Waals surface area contributed by atoms with Gasteiger partial charge in [0.25, 0.3) is 5.91 Å². The van der Waals surface area contributed by atoms with Gasteiger partial charge in [0, 0.05) is 17.3 Å². The number of ether oxygens (including phenoxy) is 1. The number of aromatic amines is 1. The van der Waals surface area contributed by atoms with Gasteiger partial charge in [0.05, 0.1) is 5.52 Å². The summed E-state index contributed by atoms with van der Waals surface area (Å²) in [5.74, 6) is -0.0717. The third kappa shape index (κ3) is 3.62. The van der Waals surface area contributed by atoms with E-state index in [1.165, 1.54) is 0 Å². The average Bonchev–Trinajstić information content (AvgIpc) is 3.02. The molecule has 7 heteroatoms. The minimum atomic E-state index is -0.541. The number of rotatable bonds is 4. The van der Waals surface area contributed by atoms with Crippen molar-refractivity contribution >= 4 is 22.7 Å². The summed E-state index contributed by atoms with van der Waals surface area (Å²) in [4.78, 5) is 26.2. The molecule has 0 bridgehead atoms. The van der Waals surface area contributed by atoms with E-state index >= 15 is 0 Å². The normalized spacial score (nSPS) is 15.1. The lowest BCUT2D eigenvalue weighted by atomic mass is 10.1. The van der Waals surface area contributed by atoms with Crippen LogP contribution in [-0.2, 0) is 0 Å². The Morgan fingerprint density at radius 1 is 1.15 bits per heavy atom. The van der Waals surface area contributed by atoms with Gasteiger partial charge in [0.2, 0.25) is 0 Å². The Kier molecular flexibility index (Phi) is 4.45. The zero-order chi connectivity index (χ0) is 17.9. The highest BCUT2D eigenvalue weighted by molar-refractivity contribution is 6.05. The average molecular weight is 353 g/mol. The van der Waals surface area contributed by atoms with E-state index in [0.717, 1.165) is 31.7 Å². The number of carbonyl (C=O) groups excluding carboxylic acids is 1. The van der Waals surface area contributed by atoms with Crippen LogP contribution in [-0.4, -0.2) is 30.1 Å². The highest BCUT2D eigenvalue weighted by atomic mass is 16.5. The van der Waals surface area contributed by atoms with Crippen LogP contribution in [0.5, 0.6) is 5.75 Å². The van der Waals surface area contributed by atoms with E-state index in [-0.39, 0.29) is 12.0 Å². The molecule has 4 rings (SSSR count). The third-order valence-electron chi connectivity index (χ3n) is 4.36. The Balaban J connectivity index is 1.47. The van der Waals surface area contributed by atoms with E-state index in [0.29, 0.717) is 22.4 Å². The fourth-order valence-corrected chi connectivity index (χ4v) is 3.05. The minimum absolute atomic E-state index is 0.197. The Morgan fingerprint density at radius 3 is 2.85 bits per heavy atom. The topological polar surface area (TPSA) is 96.4 Å². The Labute approximate surface area is 149 Å². The maximum Gasteiger partial charge on any atom is 0.417 e. The van der Waals surface area contributed by atoms with Gasteiger partial charge in [-0.3, -0.25) is 9.78 Å². The Morgan fingerprint density at radius 2 is 2.00 bits per heavy atom. The first-order valence-electron chi connectivity index (χ1n) is 8.59. The molecule has 3 aromatic rings. The second-order valence-corrected chi connectivity index (χ2v) is 6.27. The summed E-state index contributed by atoms with van der Waals surface area (Å²) in [6, 6.07) is 12.2. The predicted molar refractivity (Wildman–Crippen MR) is 97.7 cm³/mol. The molecule has 1 amide bonds. The first-order valence-corrected chi connectivity index (χ1v) is 8.59. The smallest absolute Gasteiger partial charge is 0.417 e. The molecule has 1 aliphatic rings. The molecule has 0 saturated carbocycles. The molecule has 1 aromatic heterocycles. The number of aromatic nitrogens is 1. The second kappa shape index (κ2) is 7.05. The summed E-state index contributed by atoms with van der Waals surface area (Å²) in [6.45, 7) is 1.92. The van der Waals surface area contributed by atoms with Crippen molar-refractivity contribution in [2.75, 3.05) is 18.4 Å². The third-order valence-corrected chi connectivity index (χ3v) is 4.36. The van der Waals surface area contributed by atoms with Crippen LogP contribution in [0.3, 0.4) is 0 Å². The van der Waals surface area contributed by atoms with Crippen LogP contribution in [0.2, 0.25) is 0 Å². The molecule has 26 heavy (non-hydrogen) atoms. The predicted octanol–water partition coefficient (Wildman–Crippen LogP) is 2.50. The van der Waals surface area contributed by atoms with Crippen molar-refractivity contribution in [1.82, 2.24) is 10.3 Å². The van der Waals surface area contributed by atoms with Crippen LogP contribution < -0.4 is 21.1 Å². The van der Waals surface area contributed by atoms with E-state index in [1.807, 2.05) is 24.3 Å². The lowest BCUT2D eigenvalue weighted by Crippen LogP contribution is -2.34. The molecule has 0 unspecified atom stereocenters. The molecule has 134 valence electrons. The molecule has 7 nitrogen and oxygen atoms in total. The maximum atomic E-state index is 12.5. The lowest BCUT2D eigenvalue weighted by Gasteiger charge is -2.24. The monoisotopic (exact) mass is 353 g/mol. The van der Waals surface area contributed by atoms with Crippen LogP contribution in [0, 0.1) is 0 Å². The number of hydrogen-bond donors (Lipinski definition) is 3. The summed E-state index contributed by atoms with van der Waals surface area (Å²) >= 11 is 0. The van der Waals surface area contributed by atoms with E-state index in [1.54, 1.807) is 18.2 Å². The Hall–Kier alpha value is -3.06. The maximum absolute atomic E-state index is 12.5. The standard InChI is InChI=1S/C19H19N3O4/c23-18(12-4-5-17-16(10-12)22-19(24)26-17)21-13-2-1-3-15(11-13)25-14-6-8-20-9-7-14/h1-5,10-11,14,20H,6-9H2,(H,21,23)(H,22,24). The SMILES string of the molecule is O=C(Nc1cccc(OC2CCNCC2)c1)c1ccc2oc(=O)[nH]c2c1. The van der Waals surface area contributed by atoms with Crippen LogP contribution in [0.15, 0.2) is 51.7 Å². The summed E-state index contributed by atoms with van der Waals surface area (Å²) in [6.07, 6.45) is 2.14. The van der Waals surface area contributed by atoms with Crippen molar-refractivity contribution in [1.29, 1.82) is 0 Å². The highest BCUT2D eigenvalue weighted by Gasteiger charge is 2.15. The number of oxazole rings is 1. The fraction of sp³-hybridized carbons (Fsp3) is 0.263. The number of carbonyl (C=O) groups is 1. The van der Waals surface area contributed by atoms with Gasteiger partial charge in [-0.15, -0.1) is 0 Å². The fourth-order valence-electron chi connectivity index (χ4n) is 3.05. The van der Waals surface area contributed by atoms with Gasteiger partial charge in [-0.05, 0) is 56.3 Å². The summed E-state index contributed by atoms with van der Waals surface area (Å²) in [5, 5.41) is 6.16. The molecule has 0 spiro atoms. The number of piperidine rings is 1. The zero-order valence-corrected chi connectivity index (χ0v) is 14.1. The van der Waals surface area contributed by atoms with Crippen molar-refractivity contribution < 1.29 is 13.9 Å². The van der Waals surface area contributed by atoms with Crippen molar-refractivity contribution in [2.24, 2.45) is 0 Å². The number of amides is 1. The first-order chi connectivity index (χ1) is 12.7. The first kappa shape index (κ1) is 16.4. The van der Waals surface area contributed by atoms with E-state index < -0.39 is 5.76 Å². The molecular formula is C19H19N3O4. The molecular weight excluding hydrogens is 334 g/mol. The van der Waals surface area contributed by atoms with Crippen LogP contribution in [0.4, 0.5) is 5.69 Å². The number of anilines is 1. The molecule has 1 saturated heterocycles. The second-order valence-electron chi connectivity index (χ2n) is 6.27. The van der Waals surface area contributed by atoms with Gasteiger partial charge in [0.1, 0.15) is 11.9 Å². The zero-order valence-electron chi connectivity index (χ0n) is 14.1. The van der Waals surface area contributed by atoms with Crippen LogP contribution >= 0.6 is 0 Å². The molecule has 3 N–H and O–H groups in total. The Bertz CT molecular complexity index is 986. The molecule has 2 heterocycles. The van der Waals surface area contributed by atoms with Gasteiger partial charge in [-0.1, -0.05) is 6.07 Å². The van der Waals surface area contributed by atoms with E-state index in [4.69, 9.17) is 9.15 Å². The highest BCUT2D eigenvalue weighted by Crippen LogP contribution is 2.22. The molecule has 0 atom stereocenters. The van der Waals surface area contributed by atoms with Crippen molar-refractivity contribution in [3.8, 4) is 5.75 Å².